The molecule has 0 saturated carbocycles. The average Bonchev–Trinajstić information content (AvgIpc) is 3.18. The summed E-state index contributed by atoms with van der Waals surface area (Å²) in [5, 5.41) is 12.6. The Labute approximate surface area is 182 Å². The first-order valence-corrected chi connectivity index (χ1v) is 11.5. The molecule has 1 aromatic heterocycles. The van der Waals surface area contributed by atoms with Gasteiger partial charge in [0.15, 0.2) is 5.03 Å². The summed E-state index contributed by atoms with van der Waals surface area (Å²) in [5.41, 5.74) is 0.450. The Morgan fingerprint density at radius 1 is 1.39 bits per heavy atom. The number of rotatable bonds is 7. The second kappa shape index (κ2) is 9.25. The van der Waals surface area contributed by atoms with Crippen molar-refractivity contribution in [3.8, 4) is 5.75 Å². The number of fused-ring (bicyclic) bond motifs is 1. The average molecular weight is 452 g/mol. The summed E-state index contributed by atoms with van der Waals surface area (Å²) in [6.45, 7) is 4.55. The van der Waals surface area contributed by atoms with E-state index in [0.29, 0.717) is 18.8 Å². The lowest BCUT2D eigenvalue weighted by Gasteiger charge is -2.37. The maximum absolute atomic E-state index is 13.3. The molecule has 170 valence electrons. The molecule has 0 saturated heterocycles. The number of aryl methyl sites for hydroxylation is 1. The molecule has 3 atom stereocenters. The van der Waals surface area contributed by atoms with Crippen LogP contribution < -0.4 is 14.8 Å². The van der Waals surface area contributed by atoms with Gasteiger partial charge in [0.2, 0.25) is 0 Å². The Bertz CT molecular complexity index is 1040. The third-order valence-corrected chi connectivity index (χ3v) is 6.54. The van der Waals surface area contributed by atoms with Crippen LogP contribution in [-0.4, -0.2) is 72.8 Å². The van der Waals surface area contributed by atoms with Gasteiger partial charge in [-0.2, -0.15) is 8.42 Å². The van der Waals surface area contributed by atoms with Crippen molar-refractivity contribution >= 4 is 21.6 Å². The molecule has 3 N–H and O–H groups in total. The molecule has 0 bridgehead atoms. The minimum atomic E-state index is -3.91. The fourth-order valence-electron chi connectivity index (χ4n) is 3.47. The molecule has 2 aromatic rings. The number of nitrogens with zero attached hydrogens (tertiary/aromatic N) is 3. The molecular weight excluding hydrogens is 422 g/mol. The van der Waals surface area contributed by atoms with Crippen LogP contribution in [0.25, 0.3) is 0 Å². The number of carbonyl (C=O) groups is 1. The van der Waals surface area contributed by atoms with Crippen LogP contribution in [-0.2, 0) is 17.1 Å². The fraction of sp³-hybridized carbons (Fsp3) is 0.500. The molecule has 1 aliphatic heterocycles. The monoisotopic (exact) mass is 451 g/mol. The number of amides is 1. The summed E-state index contributed by atoms with van der Waals surface area (Å²) < 4.78 is 35.4. The summed E-state index contributed by atoms with van der Waals surface area (Å²) in [7, 11) is -0.416. The van der Waals surface area contributed by atoms with Crippen LogP contribution in [0.3, 0.4) is 0 Å². The summed E-state index contributed by atoms with van der Waals surface area (Å²) in [6, 6.07) is 4.20. The minimum Gasteiger partial charge on any atom is -0.488 e. The van der Waals surface area contributed by atoms with E-state index in [1.807, 2.05) is 14.0 Å². The van der Waals surface area contributed by atoms with Crippen LogP contribution in [0.5, 0.6) is 5.75 Å². The largest absolute Gasteiger partial charge is 0.488 e. The van der Waals surface area contributed by atoms with Gasteiger partial charge in [-0.3, -0.25) is 9.52 Å². The highest BCUT2D eigenvalue weighted by atomic mass is 32.2. The quantitative estimate of drug-likeness (QED) is 0.565. The molecule has 31 heavy (non-hydrogen) atoms. The van der Waals surface area contributed by atoms with E-state index in [9.17, 15) is 18.3 Å². The van der Waals surface area contributed by atoms with Crippen LogP contribution in [0.1, 0.15) is 24.2 Å². The molecule has 11 heteroatoms. The third kappa shape index (κ3) is 5.00. The number of benzene rings is 1. The molecule has 2 heterocycles. The number of nitrogens with one attached hydrogen (secondary N) is 2. The number of aromatic nitrogens is 2. The van der Waals surface area contributed by atoms with Crippen molar-refractivity contribution in [3.63, 3.8) is 0 Å². The number of sulfonamides is 1. The van der Waals surface area contributed by atoms with Crippen LogP contribution in [0.4, 0.5) is 5.69 Å². The van der Waals surface area contributed by atoms with Crippen molar-refractivity contribution in [1.29, 1.82) is 0 Å². The number of hydrogen-bond acceptors (Lipinski definition) is 7. The Morgan fingerprint density at radius 3 is 2.74 bits per heavy atom. The van der Waals surface area contributed by atoms with Crippen molar-refractivity contribution in [2.45, 2.75) is 31.0 Å². The molecule has 0 radical (unpaired) electrons. The smallest absolute Gasteiger partial charge is 0.280 e. The van der Waals surface area contributed by atoms with E-state index in [0.717, 1.165) is 0 Å². The number of imidazole rings is 1. The zero-order valence-electron chi connectivity index (χ0n) is 18.1. The van der Waals surface area contributed by atoms with Crippen molar-refractivity contribution in [3.05, 3.63) is 36.3 Å². The molecule has 1 amide bonds. The van der Waals surface area contributed by atoms with Crippen molar-refractivity contribution in [1.82, 2.24) is 19.8 Å². The molecule has 0 aliphatic carbocycles. The van der Waals surface area contributed by atoms with Gasteiger partial charge in [0, 0.05) is 37.9 Å². The molecule has 0 fully saturated rings. The highest BCUT2D eigenvalue weighted by Crippen LogP contribution is 2.31. The lowest BCUT2D eigenvalue weighted by molar-refractivity contribution is 0.0416. The maximum atomic E-state index is 13.3. The Balaban J connectivity index is 2.00. The van der Waals surface area contributed by atoms with Gasteiger partial charge >= 0.3 is 0 Å². The summed E-state index contributed by atoms with van der Waals surface area (Å²) >= 11 is 0. The number of aliphatic hydroxyl groups is 1. The lowest BCUT2D eigenvalue weighted by Crippen LogP contribution is -2.49. The first kappa shape index (κ1) is 23.0. The van der Waals surface area contributed by atoms with E-state index in [1.54, 1.807) is 31.0 Å². The van der Waals surface area contributed by atoms with Crippen LogP contribution in [0, 0.1) is 5.92 Å². The van der Waals surface area contributed by atoms with E-state index >= 15 is 0 Å². The molecular formula is C20H29N5O5S. The van der Waals surface area contributed by atoms with E-state index in [2.05, 4.69) is 15.0 Å². The van der Waals surface area contributed by atoms with Gasteiger partial charge < -0.3 is 24.6 Å². The zero-order valence-corrected chi connectivity index (χ0v) is 18.9. The van der Waals surface area contributed by atoms with Crippen LogP contribution in [0.15, 0.2) is 35.7 Å². The predicted octanol–water partition coefficient (Wildman–Crippen LogP) is 0.660. The molecule has 0 unspecified atom stereocenters. The van der Waals surface area contributed by atoms with E-state index in [4.69, 9.17) is 4.74 Å². The summed E-state index contributed by atoms with van der Waals surface area (Å²) in [6.07, 6.45) is 2.57. The highest BCUT2D eigenvalue weighted by molar-refractivity contribution is 7.92. The van der Waals surface area contributed by atoms with Crippen molar-refractivity contribution < 1.29 is 23.1 Å². The predicted molar refractivity (Wildman–Crippen MR) is 116 cm³/mol. The van der Waals surface area contributed by atoms with Gasteiger partial charge in [-0.15, -0.1) is 0 Å². The molecule has 0 spiro atoms. The van der Waals surface area contributed by atoms with Crippen LogP contribution >= 0.6 is 0 Å². The second-order valence-corrected chi connectivity index (χ2v) is 9.50. The summed E-state index contributed by atoms with van der Waals surface area (Å²) in [5.74, 6) is 0.0544. The summed E-state index contributed by atoms with van der Waals surface area (Å²) in [4.78, 5) is 18.8. The topological polar surface area (TPSA) is 126 Å². The normalized spacial score (nSPS) is 20.4. The van der Waals surface area contributed by atoms with Gasteiger partial charge in [0.25, 0.3) is 15.9 Å². The zero-order chi connectivity index (χ0) is 22.8. The Hall–Kier alpha value is -2.63. The second-order valence-electron chi connectivity index (χ2n) is 7.87. The van der Waals surface area contributed by atoms with Gasteiger partial charge in [-0.1, -0.05) is 6.92 Å². The number of anilines is 1. The minimum absolute atomic E-state index is 0.0147. The number of carbonyl (C=O) groups excluding carboxylic acids is 1. The molecule has 1 aromatic carbocycles. The number of ether oxygens (including phenoxy) is 1. The number of likely N-dealkylation sites (N-methyl/N-ethyl adjacent to an activating group) is 1. The fourth-order valence-corrected chi connectivity index (χ4v) is 4.50. The van der Waals surface area contributed by atoms with Gasteiger partial charge in [-0.05, 0) is 32.2 Å². The molecule has 10 nitrogen and oxygen atoms in total. The Kier molecular flexibility index (Phi) is 6.87. The maximum Gasteiger partial charge on any atom is 0.280 e. The SMILES string of the molecule is CNC[C@H]1Oc2ccc(NS(=O)(=O)c3cn(C)cn3)cc2C(=O)N([C@H](C)CO)C[C@H]1C. The van der Waals surface area contributed by atoms with Crippen LogP contribution in [0.2, 0.25) is 0 Å². The first-order valence-electron chi connectivity index (χ1n) is 10.0. The van der Waals surface area contributed by atoms with E-state index in [-0.39, 0.29) is 40.8 Å². The highest BCUT2D eigenvalue weighted by Gasteiger charge is 2.33. The number of hydrogen-bond donors (Lipinski definition) is 3. The standard InChI is InChI=1S/C20H29N5O5S/c1-13-9-25(14(2)11-26)20(27)16-7-15(5-6-17(16)30-18(13)8-21-3)23-31(28,29)19-10-24(4)12-22-19/h5-7,10,12-14,18,21,23,26H,8-9,11H2,1-4H3/t13-,14-,18-/m1/s1. The number of aliphatic hydroxyl groups excluding tert-OH is 1. The van der Waals surface area contributed by atoms with Crippen molar-refractivity contribution in [2.24, 2.45) is 13.0 Å². The van der Waals surface area contributed by atoms with Gasteiger partial charge in [0.1, 0.15) is 11.9 Å². The third-order valence-electron chi connectivity index (χ3n) is 5.28. The molecule has 3 rings (SSSR count). The lowest BCUT2D eigenvalue weighted by atomic mass is 9.99. The molecule has 1 aliphatic rings. The van der Waals surface area contributed by atoms with E-state index in [1.165, 1.54) is 23.2 Å². The first-order chi connectivity index (χ1) is 14.7. The van der Waals surface area contributed by atoms with Gasteiger partial charge in [-0.25, -0.2) is 4.98 Å². The van der Waals surface area contributed by atoms with Crippen molar-refractivity contribution in [2.75, 3.05) is 31.5 Å². The van der Waals surface area contributed by atoms with E-state index < -0.39 is 16.1 Å². The van der Waals surface area contributed by atoms with Gasteiger partial charge in [0.05, 0.1) is 24.5 Å². The Morgan fingerprint density at radius 2 is 2.13 bits per heavy atom.